The maximum atomic E-state index is 11.9. The van der Waals surface area contributed by atoms with Crippen molar-refractivity contribution >= 4 is 5.91 Å². The fourth-order valence-corrected chi connectivity index (χ4v) is 2.33. The number of nitrogens with zero attached hydrogens (tertiary/aromatic N) is 1. The number of benzene rings is 1. The highest BCUT2D eigenvalue weighted by molar-refractivity contribution is 5.76. The molecule has 1 aliphatic heterocycles. The van der Waals surface area contributed by atoms with Crippen molar-refractivity contribution in [1.82, 2.24) is 4.90 Å². The van der Waals surface area contributed by atoms with Gasteiger partial charge in [-0.25, -0.2) is 0 Å². The Kier molecular flexibility index (Phi) is 5.03. The van der Waals surface area contributed by atoms with Gasteiger partial charge < -0.3 is 15.4 Å². The van der Waals surface area contributed by atoms with Crippen LogP contribution in [0.4, 0.5) is 0 Å². The van der Waals surface area contributed by atoms with Gasteiger partial charge in [0.2, 0.25) is 5.91 Å². The number of carbonyl (C=O) groups excluding carboxylic acids is 1. The monoisotopic (exact) mass is 272 g/mol. The molecule has 0 radical (unpaired) electrons. The van der Waals surface area contributed by atoms with Gasteiger partial charge in [0, 0.05) is 25.1 Å². The van der Waals surface area contributed by atoms with Crippen molar-refractivity contribution < 1.29 is 9.53 Å². The molecule has 1 aromatic rings. The van der Waals surface area contributed by atoms with E-state index in [0.29, 0.717) is 19.5 Å². The number of amides is 1. The number of likely N-dealkylation sites (tertiary alicyclic amines) is 1. The van der Waals surface area contributed by atoms with Crippen molar-refractivity contribution in [2.24, 2.45) is 5.73 Å². The second-order valence-electron chi connectivity index (χ2n) is 4.80. The van der Waals surface area contributed by atoms with Crippen molar-refractivity contribution in [3.8, 4) is 17.6 Å². The molecule has 1 heterocycles. The van der Waals surface area contributed by atoms with Crippen molar-refractivity contribution in [2.45, 2.75) is 25.8 Å². The van der Waals surface area contributed by atoms with Crippen LogP contribution in [0, 0.1) is 11.8 Å². The van der Waals surface area contributed by atoms with Crippen LogP contribution in [0.2, 0.25) is 0 Å². The fraction of sp³-hybridized carbons (Fsp3) is 0.438. The zero-order chi connectivity index (χ0) is 14.4. The average molecular weight is 272 g/mol. The summed E-state index contributed by atoms with van der Waals surface area (Å²) in [6, 6.07) is 5.75. The largest absolute Gasteiger partial charge is 0.497 e. The number of carbonyl (C=O) groups is 1. The molecule has 0 unspecified atom stereocenters. The molecular weight excluding hydrogens is 252 g/mol. The Morgan fingerprint density at radius 2 is 2.25 bits per heavy atom. The Hall–Kier alpha value is -1.99. The molecule has 1 aliphatic rings. The fourth-order valence-electron chi connectivity index (χ4n) is 2.33. The third-order valence-corrected chi connectivity index (χ3v) is 3.42. The molecule has 0 spiro atoms. The lowest BCUT2D eigenvalue weighted by Gasteiger charge is -2.27. The van der Waals surface area contributed by atoms with Gasteiger partial charge in [-0.15, -0.1) is 0 Å². The topological polar surface area (TPSA) is 55.6 Å². The molecule has 0 aromatic heterocycles. The van der Waals surface area contributed by atoms with E-state index in [4.69, 9.17) is 10.5 Å². The van der Waals surface area contributed by atoms with Crippen molar-refractivity contribution in [2.75, 3.05) is 20.2 Å². The second-order valence-corrected chi connectivity index (χ2v) is 4.80. The van der Waals surface area contributed by atoms with Crippen LogP contribution in [-0.4, -0.2) is 31.0 Å². The molecule has 20 heavy (non-hydrogen) atoms. The molecule has 4 heteroatoms. The average Bonchev–Trinajstić information content (AvgIpc) is 2.48. The molecule has 1 saturated heterocycles. The zero-order valence-electron chi connectivity index (χ0n) is 11.8. The van der Waals surface area contributed by atoms with E-state index < -0.39 is 0 Å². The summed E-state index contributed by atoms with van der Waals surface area (Å²) >= 11 is 0. The minimum absolute atomic E-state index is 0.219. The number of hydrogen-bond acceptors (Lipinski definition) is 3. The van der Waals surface area contributed by atoms with Crippen LogP contribution in [0.3, 0.4) is 0 Å². The molecule has 106 valence electrons. The number of piperidine rings is 1. The Morgan fingerprint density at radius 1 is 1.40 bits per heavy atom. The van der Waals surface area contributed by atoms with Gasteiger partial charge in [-0.1, -0.05) is 11.8 Å². The summed E-state index contributed by atoms with van der Waals surface area (Å²) in [7, 11) is 1.64. The van der Waals surface area contributed by atoms with Crippen molar-refractivity contribution in [1.29, 1.82) is 0 Å². The van der Waals surface area contributed by atoms with Crippen LogP contribution in [0.5, 0.6) is 5.75 Å². The molecule has 0 saturated carbocycles. The smallest absolute Gasteiger partial charge is 0.222 e. The summed E-state index contributed by atoms with van der Waals surface area (Å²) in [5.41, 5.74) is 7.35. The Morgan fingerprint density at radius 3 is 2.95 bits per heavy atom. The number of hydrogen-bond donors (Lipinski definition) is 1. The van der Waals surface area contributed by atoms with E-state index in [1.165, 1.54) is 0 Å². The summed E-state index contributed by atoms with van der Waals surface area (Å²) < 4.78 is 5.25. The molecule has 1 aromatic carbocycles. The maximum Gasteiger partial charge on any atom is 0.222 e. The first-order valence-electron chi connectivity index (χ1n) is 6.88. The minimum atomic E-state index is 0.219. The molecule has 1 amide bonds. The molecule has 2 N–H and O–H groups in total. The van der Waals surface area contributed by atoms with Crippen LogP contribution in [0.25, 0.3) is 0 Å². The summed E-state index contributed by atoms with van der Waals surface area (Å²) in [4.78, 5) is 13.8. The van der Waals surface area contributed by atoms with Gasteiger partial charge in [-0.05, 0) is 36.6 Å². The number of nitrogens with two attached hydrogens (primary N) is 1. The van der Waals surface area contributed by atoms with Crippen LogP contribution >= 0.6 is 0 Å². The van der Waals surface area contributed by atoms with Crippen molar-refractivity contribution in [3.63, 3.8) is 0 Å². The standard InChI is InChI=1S/C16H20N2O2/c1-20-15-8-7-13(5-4-9-17)14(11-15)12-18-10-3-2-6-16(18)19/h7-8,11H,2-3,6,9-10,12,17H2,1H3. The molecule has 0 bridgehead atoms. The maximum absolute atomic E-state index is 11.9. The SMILES string of the molecule is COc1ccc(C#CCN)c(CN2CCCCC2=O)c1. The third kappa shape index (κ3) is 3.52. The second kappa shape index (κ2) is 6.97. The molecular formula is C16H20N2O2. The first-order chi connectivity index (χ1) is 9.74. The van der Waals surface area contributed by atoms with Crippen LogP contribution in [0.15, 0.2) is 18.2 Å². The van der Waals surface area contributed by atoms with E-state index in [2.05, 4.69) is 11.8 Å². The van der Waals surface area contributed by atoms with Gasteiger partial charge in [0.05, 0.1) is 13.7 Å². The molecule has 4 nitrogen and oxygen atoms in total. The summed E-state index contributed by atoms with van der Waals surface area (Å²) in [5, 5.41) is 0. The molecule has 1 fully saturated rings. The lowest BCUT2D eigenvalue weighted by Crippen LogP contribution is -2.34. The third-order valence-electron chi connectivity index (χ3n) is 3.42. The summed E-state index contributed by atoms with van der Waals surface area (Å²) in [6.07, 6.45) is 2.71. The predicted octanol–water partition coefficient (Wildman–Crippen LogP) is 1.52. The lowest BCUT2D eigenvalue weighted by molar-refractivity contribution is -0.133. The minimum Gasteiger partial charge on any atom is -0.497 e. The van der Waals surface area contributed by atoms with Gasteiger partial charge in [0.15, 0.2) is 0 Å². The van der Waals surface area contributed by atoms with E-state index in [-0.39, 0.29) is 5.91 Å². The quantitative estimate of drug-likeness (QED) is 0.849. The highest BCUT2D eigenvalue weighted by Gasteiger charge is 2.19. The van der Waals surface area contributed by atoms with Crippen LogP contribution in [-0.2, 0) is 11.3 Å². The number of methoxy groups -OCH3 is 1. The van der Waals surface area contributed by atoms with Gasteiger partial charge in [0.25, 0.3) is 0 Å². The molecule has 0 aliphatic carbocycles. The molecule has 2 rings (SSSR count). The van der Waals surface area contributed by atoms with Crippen LogP contribution in [0.1, 0.15) is 30.4 Å². The van der Waals surface area contributed by atoms with Gasteiger partial charge in [0.1, 0.15) is 5.75 Å². The lowest BCUT2D eigenvalue weighted by atomic mass is 10.0. The Labute approximate surface area is 119 Å². The van der Waals surface area contributed by atoms with Gasteiger partial charge >= 0.3 is 0 Å². The highest BCUT2D eigenvalue weighted by atomic mass is 16.5. The Bertz CT molecular complexity index is 543. The van der Waals surface area contributed by atoms with E-state index in [9.17, 15) is 4.79 Å². The first-order valence-corrected chi connectivity index (χ1v) is 6.88. The Balaban J connectivity index is 2.24. The normalized spacial score (nSPS) is 14.7. The van der Waals surface area contributed by atoms with Crippen molar-refractivity contribution in [3.05, 3.63) is 29.3 Å². The van der Waals surface area contributed by atoms with Gasteiger partial charge in [-0.3, -0.25) is 4.79 Å². The summed E-state index contributed by atoms with van der Waals surface area (Å²) in [6.45, 7) is 1.73. The number of ether oxygens (including phenoxy) is 1. The first kappa shape index (κ1) is 14.4. The molecule has 0 atom stereocenters. The van der Waals surface area contributed by atoms with E-state index in [1.54, 1.807) is 7.11 Å². The van der Waals surface area contributed by atoms with Crippen LogP contribution < -0.4 is 10.5 Å². The van der Waals surface area contributed by atoms with E-state index in [0.717, 1.165) is 36.3 Å². The zero-order valence-corrected chi connectivity index (χ0v) is 11.8. The number of rotatable bonds is 3. The predicted molar refractivity (Wildman–Crippen MR) is 78.2 cm³/mol. The summed E-state index contributed by atoms with van der Waals surface area (Å²) in [5.74, 6) is 6.92. The highest BCUT2D eigenvalue weighted by Crippen LogP contribution is 2.21. The van der Waals surface area contributed by atoms with Gasteiger partial charge in [-0.2, -0.15) is 0 Å². The van der Waals surface area contributed by atoms with E-state index >= 15 is 0 Å². The van der Waals surface area contributed by atoms with E-state index in [1.807, 2.05) is 23.1 Å².